The number of aryl methyl sites for hydroxylation is 3. The molecular weight excluding hydrogens is 613 g/mol. The highest BCUT2D eigenvalue weighted by Gasteiger charge is 2.28. The van der Waals surface area contributed by atoms with E-state index < -0.39 is 23.8 Å². The van der Waals surface area contributed by atoms with Crippen LogP contribution in [0.2, 0.25) is 0 Å². The fraction of sp³-hybridized carbons (Fsp3) is 0.429. The number of amides is 2. The molecule has 4 rings (SSSR count). The maximum Gasteiger partial charge on any atom is 0.264 e. The summed E-state index contributed by atoms with van der Waals surface area (Å²) in [6.07, 6.45) is 1.68. The van der Waals surface area contributed by atoms with Gasteiger partial charge in [-0.25, -0.2) is 8.78 Å². The fourth-order valence-electron chi connectivity index (χ4n) is 5.66. The molecule has 10 heteroatoms. The lowest BCUT2D eigenvalue weighted by molar-refractivity contribution is 0.0759. The van der Waals surface area contributed by atoms with Gasteiger partial charge in [-0.05, 0) is 79.5 Å². The molecule has 0 bridgehead atoms. The van der Waals surface area contributed by atoms with Gasteiger partial charge in [-0.15, -0.1) is 22.7 Å². The van der Waals surface area contributed by atoms with E-state index in [0.29, 0.717) is 35.0 Å². The molecule has 2 atom stereocenters. The van der Waals surface area contributed by atoms with Gasteiger partial charge in [0, 0.05) is 37.6 Å². The van der Waals surface area contributed by atoms with E-state index in [1.807, 2.05) is 30.9 Å². The molecule has 2 amide bonds. The number of nitrogens with zero attached hydrogens (tertiary/aromatic N) is 1. The molecule has 0 spiro atoms. The maximum atomic E-state index is 14.0. The molecule has 0 saturated carbocycles. The van der Waals surface area contributed by atoms with E-state index in [9.17, 15) is 23.5 Å². The minimum absolute atomic E-state index is 0.0226. The second-order valence-corrected chi connectivity index (χ2v) is 13.8. The van der Waals surface area contributed by atoms with Crippen molar-refractivity contribution in [3.8, 4) is 0 Å². The third-order valence-electron chi connectivity index (χ3n) is 7.94. The Morgan fingerprint density at radius 1 is 0.889 bits per heavy atom. The Hall–Kier alpha value is -3.18. The highest BCUT2D eigenvalue weighted by atomic mass is 32.2. The summed E-state index contributed by atoms with van der Waals surface area (Å²) < 4.78 is 29.0. The van der Waals surface area contributed by atoms with Crippen LogP contribution in [-0.4, -0.2) is 53.6 Å². The Kier molecular flexibility index (Phi) is 12.2. The zero-order valence-corrected chi connectivity index (χ0v) is 28.3. The summed E-state index contributed by atoms with van der Waals surface area (Å²) in [6, 6.07) is 10.6. The minimum atomic E-state index is -1.04. The van der Waals surface area contributed by atoms with Crippen LogP contribution in [0.15, 0.2) is 42.5 Å². The van der Waals surface area contributed by atoms with E-state index in [4.69, 9.17) is 0 Å². The number of carbonyl (C=O) groups excluding carboxylic acids is 2. The van der Waals surface area contributed by atoms with E-state index in [-0.39, 0.29) is 24.8 Å². The van der Waals surface area contributed by atoms with Gasteiger partial charge in [0.2, 0.25) is 0 Å². The third-order valence-corrected chi connectivity index (χ3v) is 10.6. The predicted molar refractivity (Wildman–Crippen MR) is 181 cm³/mol. The van der Waals surface area contributed by atoms with Crippen molar-refractivity contribution in [1.82, 2.24) is 15.5 Å². The van der Waals surface area contributed by atoms with E-state index in [2.05, 4.69) is 43.5 Å². The van der Waals surface area contributed by atoms with Crippen molar-refractivity contribution in [2.75, 3.05) is 19.6 Å². The normalized spacial score (nSPS) is 12.8. The van der Waals surface area contributed by atoms with Crippen molar-refractivity contribution in [3.63, 3.8) is 0 Å². The summed E-state index contributed by atoms with van der Waals surface area (Å²) in [5, 5.41) is 18.3. The number of thiophene rings is 2. The molecule has 0 fully saturated rings. The van der Waals surface area contributed by atoms with E-state index in [1.165, 1.54) is 40.4 Å². The number of fused-ring (bicyclic) bond motifs is 1. The van der Waals surface area contributed by atoms with Crippen LogP contribution in [0.4, 0.5) is 8.78 Å². The average Bonchev–Trinajstić information content (AvgIpc) is 3.51. The molecule has 2 aromatic carbocycles. The molecule has 0 aliphatic carbocycles. The zero-order valence-electron chi connectivity index (χ0n) is 26.6. The molecule has 242 valence electrons. The van der Waals surface area contributed by atoms with Gasteiger partial charge in [-0.1, -0.05) is 45.0 Å². The molecule has 0 saturated heterocycles. The van der Waals surface area contributed by atoms with Gasteiger partial charge in [0.25, 0.3) is 11.8 Å². The van der Waals surface area contributed by atoms with Crippen LogP contribution in [0.25, 0.3) is 9.40 Å². The van der Waals surface area contributed by atoms with Crippen LogP contribution < -0.4 is 10.6 Å². The Morgan fingerprint density at radius 3 is 2.13 bits per heavy atom. The van der Waals surface area contributed by atoms with Crippen molar-refractivity contribution < 1.29 is 23.5 Å². The molecule has 6 nitrogen and oxygen atoms in total. The van der Waals surface area contributed by atoms with Crippen LogP contribution in [0, 0.1) is 25.5 Å². The topological polar surface area (TPSA) is 81.7 Å². The number of carbonyl (C=O) groups is 2. The molecule has 2 heterocycles. The largest absolute Gasteiger partial charge is 0.390 e. The lowest BCUT2D eigenvalue weighted by atomic mass is 10.00. The molecule has 0 aliphatic heterocycles. The summed E-state index contributed by atoms with van der Waals surface area (Å²) in [6.45, 7) is 12.1. The van der Waals surface area contributed by atoms with Crippen molar-refractivity contribution in [1.29, 1.82) is 0 Å². The molecule has 3 N–H and O–H groups in total. The Balaban J connectivity index is 1.55. The van der Waals surface area contributed by atoms with E-state index in [1.54, 1.807) is 0 Å². The van der Waals surface area contributed by atoms with Crippen LogP contribution >= 0.6 is 22.7 Å². The number of aliphatic hydroxyl groups is 1. The number of aliphatic hydroxyl groups excluding tert-OH is 1. The number of hydrogen-bond donors (Lipinski definition) is 3. The lowest BCUT2D eigenvalue weighted by Gasteiger charge is -2.25. The van der Waals surface area contributed by atoms with Crippen LogP contribution in [0.3, 0.4) is 0 Å². The Bertz CT molecular complexity index is 1610. The molecule has 2 unspecified atom stereocenters. The molecule has 0 aliphatic rings. The highest BCUT2D eigenvalue weighted by molar-refractivity contribution is 7.40. The number of benzene rings is 2. The van der Waals surface area contributed by atoms with Crippen LogP contribution in [0.5, 0.6) is 0 Å². The SMILES string of the molecule is CCCN(CCC)C(=O)c1sc2sc(C(=O)NC(Cc3cc(F)cc(F)c3)C(O)CNCc3cccc(CC)c3)c(C)c2c1C. The monoisotopic (exact) mass is 655 g/mol. The van der Waals surface area contributed by atoms with Crippen molar-refractivity contribution in [2.24, 2.45) is 0 Å². The smallest absolute Gasteiger partial charge is 0.264 e. The second kappa shape index (κ2) is 15.9. The third kappa shape index (κ3) is 8.55. The zero-order chi connectivity index (χ0) is 32.7. The average molecular weight is 656 g/mol. The van der Waals surface area contributed by atoms with Gasteiger partial charge in [0.15, 0.2) is 0 Å². The van der Waals surface area contributed by atoms with E-state index in [0.717, 1.165) is 51.4 Å². The first-order valence-electron chi connectivity index (χ1n) is 15.6. The van der Waals surface area contributed by atoms with Gasteiger partial charge < -0.3 is 20.6 Å². The quantitative estimate of drug-likeness (QED) is 0.127. The minimum Gasteiger partial charge on any atom is -0.390 e. The van der Waals surface area contributed by atoms with Crippen molar-refractivity contribution >= 4 is 43.9 Å². The van der Waals surface area contributed by atoms with Crippen molar-refractivity contribution in [3.05, 3.63) is 91.7 Å². The summed E-state index contributed by atoms with van der Waals surface area (Å²) in [7, 11) is 0. The number of halogens is 2. The summed E-state index contributed by atoms with van der Waals surface area (Å²) >= 11 is 2.74. The summed E-state index contributed by atoms with van der Waals surface area (Å²) in [5.41, 5.74) is 4.26. The first-order valence-corrected chi connectivity index (χ1v) is 17.2. The Morgan fingerprint density at radius 2 is 1.51 bits per heavy atom. The predicted octanol–water partition coefficient (Wildman–Crippen LogP) is 7.17. The first-order chi connectivity index (χ1) is 21.6. The van der Waals surface area contributed by atoms with Crippen molar-refractivity contribution in [2.45, 2.75) is 79.0 Å². The van der Waals surface area contributed by atoms with Gasteiger partial charge in [-0.3, -0.25) is 9.59 Å². The lowest BCUT2D eigenvalue weighted by Crippen LogP contribution is -2.48. The van der Waals surface area contributed by atoms with Gasteiger partial charge in [-0.2, -0.15) is 0 Å². The van der Waals surface area contributed by atoms with Gasteiger partial charge in [0.1, 0.15) is 11.6 Å². The first kappa shape index (κ1) is 34.7. The number of nitrogens with one attached hydrogen (secondary N) is 2. The van der Waals surface area contributed by atoms with E-state index >= 15 is 0 Å². The van der Waals surface area contributed by atoms with Gasteiger partial charge in [0.05, 0.1) is 25.9 Å². The summed E-state index contributed by atoms with van der Waals surface area (Å²) in [4.78, 5) is 30.1. The number of hydrogen-bond acceptors (Lipinski definition) is 6. The van der Waals surface area contributed by atoms with Gasteiger partial charge >= 0.3 is 0 Å². The highest BCUT2D eigenvalue weighted by Crippen LogP contribution is 2.41. The van der Waals surface area contributed by atoms with Crippen LogP contribution in [0.1, 0.15) is 80.8 Å². The fourth-order valence-corrected chi connectivity index (χ4v) is 8.39. The maximum absolute atomic E-state index is 14.0. The molecule has 2 aromatic heterocycles. The molecular formula is C35H43F2N3O3S2. The number of rotatable bonds is 15. The molecule has 0 radical (unpaired) electrons. The standard InChI is InChI=1S/C35H43F2N3O3S2/c1-6-12-40(13-7-2)34(43)32-22(5)30-21(4)31(44-35(30)45-32)33(42)39-28(17-25-15-26(36)18-27(37)16-25)29(41)20-38-19-24-11-9-10-23(8-3)14-24/h9-11,14-16,18,28-29,38,41H,6-8,12-13,17,19-20H2,1-5H3,(H,39,42). The molecule has 4 aromatic rings. The summed E-state index contributed by atoms with van der Waals surface area (Å²) in [5.74, 6) is -1.78. The second-order valence-electron chi connectivity index (χ2n) is 11.5. The Labute approximate surface area is 272 Å². The molecule has 45 heavy (non-hydrogen) atoms. The van der Waals surface area contributed by atoms with Crippen LogP contribution in [-0.2, 0) is 19.4 Å².